The first-order valence-corrected chi connectivity index (χ1v) is 10.2. The smallest absolute Gasteiger partial charge is 0.251 e. The maximum Gasteiger partial charge on any atom is 0.251 e. The highest BCUT2D eigenvalue weighted by atomic mass is 32.1. The largest absolute Gasteiger partial charge is 0.365 e. The topological polar surface area (TPSA) is 69.8 Å². The Morgan fingerprint density at radius 1 is 0.900 bits per heavy atom. The number of aromatic nitrogens is 2. The molecule has 1 heterocycles. The molecule has 0 bridgehead atoms. The van der Waals surface area contributed by atoms with Gasteiger partial charge < -0.3 is 15.6 Å². The zero-order valence-corrected chi connectivity index (χ0v) is 17.2. The maximum atomic E-state index is 12.4. The van der Waals surface area contributed by atoms with Gasteiger partial charge in [0, 0.05) is 24.0 Å². The van der Waals surface area contributed by atoms with E-state index >= 15 is 0 Å². The summed E-state index contributed by atoms with van der Waals surface area (Å²) >= 11 is 5.22. The van der Waals surface area contributed by atoms with Crippen LogP contribution in [0.15, 0.2) is 78.9 Å². The highest BCUT2D eigenvalue weighted by Gasteiger charge is 2.06. The van der Waals surface area contributed by atoms with Gasteiger partial charge in [-0.1, -0.05) is 54.6 Å². The lowest BCUT2D eigenvalue weighted by Gasteiger charge is -2.10. The third kappa shape index (κ3) is 4.90. The van der Waals surface area contributed by atoms with Gasteiger partial charge in [-0.3, -0.25) is 4.79 Å². The molecular weight excluding hydrogens is 392 g/mol. The Kier molecular flexibility index (Phi) is 6.15. The average Bonchev–Trinajstić information content (AvgIpc) is 2.78. The number of carbonyl (C=O) groups excluding carboxylic acids is 1. The number of hydrogen-bond acceptors (Lipinski definition) is 4. The number of aromatic amines is 1. The molecule has 0 aliphatic carbocycles. The normalized spacial score (nSPS) is 10.7. The predicted octanol–water partition coefficient (Wildman–Crippen LogP) is 4.88. The number of para-hydroxylation sites is 1. The molecule has 3 N–H and O–H groups in total. The van der Waals surface area contributed by atoms with Gasteiger partial charge >= 0.3 is 0 Å². The van der Waals surface area contributed by atoms with Crippen molar-refractivity contribution < 1.29 is 4.79 Å². The van der Waals surface area contributed by atoms with Gasteiger partial charge in [0.15, 0.2) is 4.77 Å². The van der Waals surface area contributed by atoms with Crippen molar-refractivity contribution in [1.29, 1.82) is 0 Å². The molecule has 1 amide bonds. The summed E-state index contributed by atoms with van der Waals surface area (Å²) in [5.74, 6) is 0.685. The number of anilines is 1. The van der Waals surface area contributed by atoms with E-state index in [1.54, 1.807) is 0 Å². The number of hydrogen-bond donors (Lipinski definition) is 3. The first-order chi connectivity index (χ1) is 14.7. The molecule has 0 saturated carbocycles. The van der Waals surface area contributed by atoms with Gasteiger partial charge in [0.2, 0.25) is 0 Å². The molecule has 3 aromatic carbocycles. The molecule has 0 aliphatic heterocycles. The van der Waals surface area contributed by atoms with Crippen molar-refractivity contribution in [3.8, 4) is 0 Å². The van der Waals surface area contributed by atoms with E-state index in [-0.39, 0.29) is 5.91 Å². The standard InChI is InChI=1S/C24H22N4OS/c29-23(25-15-14-17-6-2-1-3-7-17)19-12-10-18(11-13-19)16-26-22-20-8-4-5-9-21(20)27-24(30)28-22/h1-13H,14-16H2,(H,25,29)(H2,26,27,28,30). The Hall–Kier alpha value is -3.51. The molecule has 4 aromatic rings. The summed E-state index contributed by atoms with van der Waals surface area (Å²) in [6.07, 6.45) is 0.814. The summed E-state index contributed by atoms with van der Waals surface area (Å²) in [6.45, 7) is 1.20. The molecule has 0 saturated heterocycles. The Labute approximate surface area is 180 Å². The van der Waals surface area contributed by atoms with Crippen LogP contribution in [0, 0.1) is 4.77 Å². The van der Waals surface area contributed by atoms with Crippen LogP contribution in [-0.4, -0.2) is 22.4 Å². The SMILES string of the molecule is O=C(NCCc1ccccc1)c1ccc(CNc2nc(=S)[nH]c3ccccc23)cc1. The van der Waals surface area contributed by atoms with Crippen molar-refractivity contribution in [1.82, 2.24) is 15.3 Å². The molecule has 1 aromatic heterocycles. The number of rotatable bonds is 7. The van der Waals surface area contributed by atoms with Crippen molar-refractivity contribution in [3.05, 3.63) is 100 Å². The fourth-order valence-corrected chi connectivity index (χ4v) is 3.47. The lowest BCUT2D eigenvalue weighted by atomic mass is 10.1. The van der Waals surface area contributed by atoms with E-state index in [0.717, 1.165) is 28.7 Å². The minimum absolute atomic E-state index is 0.0625. The van der Waals surface area contributed by atoms with E-state index in [1.807, 2.05) is 66.7 Å². The minimum atomic E-state index is -0.0625. The molecule has 0 fully saturated rings. The number of fused-ring (bicyclic) bond motifs is 1. The van der Waals surface area contributed by atoms with Crippen LogP contribution in [0.4, 0.5) is 5.82 Å². The third-order valence-electron chi connectivity index (χ3n) is 4.86. The van der Waals surface area contributed by atoms with Crippen LogP contribution in [0.25, 0.3) is 10.9 Å². The second-order valence-corrected chi connectivity index (χ2v) is 7.36. The number of benzene rings is 3. The zero-order chi connectivity index (χ0) is 20.8. The van der Waals surface area contributed by atoms with Crippen LogP contribution in [0.2, 0.25) is 0 Å². The van der Waals surface area contributed by atoms with E-state index in [9.17, 15) is 4.79 Å². The highest BCUT2D eigenvalue weighted by Crippen LogP contribution is 2.19. The van der Waals surface area contributed by atoms with Gasteiger partial charge in [-0.2, -0.15) is 0 Å². The summed E-state index contributed by atoms with van der Waals surface area (Å²) in [5.41, 5.74) is 3.86. The maximum absolute atomic E-state index is 12.4. The van der Waals surface area contributed by atoms with Crippen molar-refractivity contribution in [3.63, 3.8) is 0 Å². The Balaban J connectivity index is 1.35. The Morgan fingerprint density at radius 2 is 1.63 bits per heavy atom. The van der Waals surface area contributed by atoms with Crippen LogP contribution in [-0.2, 0) is 13.0 Å². The molecule has 0 unspecified atom stereocenters. The number of H-pyrrole nitrogens is 1. The molecule has 5 nitrogen and oxygen atoms in total. The molecule has 6 heteroatoms. The van der Waals surface area contributed by atoms with Gasteiger partial charge in [-0.25, -0.2) is 4.98 Å². The molecule has 0 radical (unpaired) electrons. The van der Waals surface area contributed by atoms with E-state index in [2.05, 4.69) is 32.7 Å². The minimum Gasteiger partial charge on any atom is -0.365 e. The van der Waals surface area contributed by atoms with E-state index in [4.69, 9.17) is 12.2 Å². The summed E-state index contributed by atoms with van der Waals surface area (Å²) in [6, 6.07) is 25.6. The Bertz CT molecular complexity index is 1200. The highest BCUT2D eigenvalue weighted by molar-refractivity contribution is 7.71. The summed E-state index contributed by atoms with van der Waals surface area (Å²) in [4.78, 5) is 19.9. The van der Waals surface area contributed by atoms with Gasteiger partial charge in [-0.05, 0) is 54.0 Å². The van der Waals surface area contributed by atoms with Crippen LogP contribution in [0.3, 0.4) is 0 Å². The van der Waals surface area contributed by atoms with Gasteiger partial charge in [0.1, 0.15) is 5.82 Å². The molecule has 0 spiro atoms. The number of nitrogens with one attached hydrogen (secondary N) is 3. The van der Waals surface area contributed by atoms with Crippen LogP contribution in [0.5, 0.6) is 0 Å². The van der Waals surface area contributed by atoms with Crippen molar-refractivity contribution in [2.75, 3.05) is 11.9 Å². The first kappa shape index (κ1) is 19.8. The number of carbonyl (C=O) groups is 1. The zero-order valence-electron chi connectivity index (χ0n) is 16.4. The van der Waals surface area contributed by atoms with E-state index in [0.29, 0.717) is 23.4 Å². The number of nitrogens with zero attached hydrogens (tertiary/aromatic N) is 1. The fourth-order valence-electron chi connectivity index (χ4n) is 3.27. The second kappa shape index (κ2) is 9.33. The van der Waals surface area contributed by atoms with Crippen molar-refractivity contribution in [2.24, 2.45) is 0 Å². The van der Waals surface area contributed by atoms with E-state index in [1.165, 1.54) is 5.56 Å². The van der Waals surface area contributed by atoms with E-state index < -0.39 is 0 Å². The quantitative estimate of drug-likeness (QED) is 0.377. The lowest BCUT2D eigenvalue weighted by molar-refractivity contribution is 0.0954. The second-order valence-electron chi connectivity index (χ2n) is 6.98. The molecular formula is C24H22N4OS. The predicted molar refractivity (Wildman–Crippen MR) is 123 cm³/mol. The molecule has 0 atom stereocenters. The van der Waals surface area contributed by atoms with Crippen LogP contribution >= 0.6 is 12.2 Å². The van der Waals surface area contributed by atoms with Crippen molar-refractivity contribution >= 4 is 34.8 Å². The van der Waals surface area contributed by atoms with Crippen molar-refractivity contribution in [2.45, 2.75) is 13.0 Å². The first-order valence-electron chi connectivity index (χ1n) is 9.83. The summed E-state index contributed by atoms with van der Waals surface area (Å²) in [7, 11) is 0. The van der Waals surface area contributed by atoms with Crippen LogP contribution in [0.1, 0.15) is 21.5 Å². The van der Waals surface area contributed by atoms with Gasteiger partial charge in [0.25, 0.3) is 5.91 Å². The summed E-state index contributed by atoms with van der Waals surface area (Å²) in [5, 5.41) is 7.31. The third-order valence-corrected chi connectivity index (χ3v) is 5.05. The Morgan fingerprint density at radius 3 is 2.43 bits per heavy atom. The summed E-state index contributed by atoms with van der Waals surface area (Å²) < 4.78 is 0.443. The lowest BCUT2D eigenvalue weighted by Crippen LogP contribution is -2.25. The van der Waals surface area contributed by atoms with Crippen LogP contribution < -0.4 is 10.6 Å². The number of amides is 1. The average molecular weight is 415 g/mol. The molecule has 150 valence electrons. The molecule has 0 aliphatic rings. The van der Waals surface area contributed by atoms with Gasteiger partial charge in [0.05, 0.1) is 5.52 Å². The fraction of sp³-hybridized carbons (Fsp3) is 0.125. The molecule has 4 rings (SSSR count). The van der Waals surface area contributed by atoms with Gasteiger partial charge in [-0.15, -0.1) is 0 Å². The molecule has 30 heavy (non-hydrogen) atoms. The monoisotopic (exact) mass is 414 g/mol.